The van der Waals surface area contributed by atoms with Gasteiger partial charge >= 0.3 is 0 Å². The summed E-state index contributed by atoms with van der Waals surface area (Å²) in [5.74, 6) is 5.52. The summed E-state index contributed by atoms with van der Waals surface area (Å²) in [6, 6.07) is 8.48. The predicted octanol–water partition coefficient (Wildman–Crippen LogP) is 17.7. The number of hydrogen-bond acceptors (Lipinski definition) is 2. The van der Waals surface area contributed by atoms with Crippen molar-refractivity contribution < 1.29 is 10.9 Å². The first-order valence-electron chi connectivity index (χ1n) is 20.3. The van der Waals surface area contributed by atoms with E-state index in [2.05, 4.69) is 120 Å². The Morgan fingerprint density at radius 1 is 0.396 bits per heavy atom. The van der Waals surface area contributed by atoms with Gasteiger partial charge in [0.25, 0.3) is 0 Å². The van der Waals surface area contributed by atoms with Gasteiger partial charge in [-0.3, -0.25) is 0 Å². The minimum absolute atomic E-state index is 0. The molecule has 53 heavy (non-hydrogen) atoms. The molecule has 320 valence electrons. The SMILES string of the molecule is C.C.C.C.C.CC1=CCC(C)CC1.CC1=CCC(C)CC1.CC1CCC(C)CC1.CC1CCC(C)OC1.CC1CCC(C)OC1.Cc1ccc(C)cc1.[HH]. The minimum Gasteiger partial charge on any atom is -0.378 e. The van der Waals surface area contributed by atoms with Gasteiger partial charge in [0.05, 0.1) is 12.2 Å². The first-order valence-corrected chi connectivity index (χ1v) is 20.3. The van der Waals surface area contributed by atoms with E-state index in [0.717, 1.165) is 48.7 Å². The third kappa shape index (κ3) is 34.8. The maximum Gasteiger partial charge on any atom is 0.0547 e. The highest BCUT2D eigenvalue weighted by Crippen LogP contribution is 2.27. The van der Waals surface area contributed by atoms with Crippen molar-refractivity contribution in [3.05, 3.63) is 58.7 Å². The molecule has 0 radical (unpaired) electrons. The monoisotopic (exact) mass is 749 g/mol. The number of aryl methyl sites for hydroxylation is 2. The molecule has 6 atom stereocenters. The van der Waals surface area contributed by atoms with Crippen LogP contribution in [0.3, 0.4) is 0 Å². The van der Waals surface area contributed by atoms with Gasteiger partial charge in [-0.05, 0) is 141 Å². The highest BCUT2D eigenvalue weighted by Gasteiger charge is 2.15. The molecule has 0 spiro atoms. The fraction of sp³-hybridized carbons (Fsp3) is 0.804. The van der Waals surface area contributed by atoms with Gasteiger partial charge in [0.15, 0.2) is 0 Å². The van der Waals surface area contributed by atoms with Crippen LogP contribution in [-0.2, 0) is 9.47 Å². The molecule has 6 rings (SSSR count). The van der Waals surface area contributed by atoms with Crippen molar-refractivity contribution >= 4 is 0 Å². The summed E-state index contributed by atoms with van der Waals surface area (Å²) in [4.78, 5) is 0. The Morgan fingerprint density at radius 2 is 0.679 bits per heavy atom. The van der Waals surface area contributed by atoms with Crippen molar-refractivity contribution in [3.63, 3.8) is 0 Å². The van der Waals surface area contributed by atoms with Crippen LogP contribution in [0.5, 0.6) is 0 Å². The molecular formula is C51H104O2. The highest BCUT2D eigenvalue weighted by atomic mass is 16.5. The lowest BCUT2D eigenvalue weighted by atomic mass is 9.84. The second-order valence-electron chi connectivity index (χ2n) is 17.0. The molecule has 3 fully saturated rings. The van der Waals surface area contributed by atoms with Crippen molar-refractivity contribution in [1.82, 2.24) is 0 Å². The quantitative estimate of drug-likeness (QED) is 0.246. The van der Waals surface area contributed by atoms with E-state index in [1.165, 1.54) is 101 Å². The standard InChI is InChI=1S/C8H16.2C8H14.C8H10.2C7H14O.5CH4.H2/c4*1-7-3-5-8(2)6-4-7;2*1-6-3-4-7(2)8-5-6;;;;;;/h7-8H,3-6H2,1-2H3;2*3,8H,4-6H2,1-2H3;3-6H,1-2H3;2*6-7H,3-5H2,1-2H3;5*1H4;1H. The number of hydrogen-bond donors (Lipinski definition) is 0. The van der Waals surface area contributed by atoms with Crippen LogP contribution in [0.1, 0.15) is 209 Å². The summed E-state index contributed by atoms with van der Waals surface area (Å²) in [7, 11) is 0. The lowest BCUT2D eigenvalue weighted by molar-refractivity contribution is 0.000174. The minimum atomic E-state index is 0. The Morgan fingerprint density at radius 3 is 0.868 bits per heavy atom. The Bertz CT molecular complexity index is 831. The van der Waals surface area contributed by atoms with Crippen molar-refractivity contribution in [2.45, 2.75) is 222 Å². The van der Waals surface area contributed by atoms with E-state index in [1.54, 1.807) is 11.1 Å². The van der Waals surface area contributed by atoms with Gasteiger partial charge < -0.3 is 9.47 Å². The third-order valence-electron chi connectivity index (χ3n) is 10.8. The molecule has 2 saturated heterocycles. The van der Waals surface area contributed by atoms with Gasteiger partial charge in [0, 0.05) is 14.6 Å². The second-order valence-corrected chi connectivity index (χ2v) is 17.0. The van der Waals surface area contributed by atoms with E-state index >= 15 is 0 Å². The zero-order valence-corrected chi connectivity index (χ0v) is 34.2. The van der Waals surface area contributed by atoms with E-state index in [4.69, 9.17) is 9.47 Å². The fourth-order valence-corrected chi connectivity index (χ4v) is 6.29. The van der Waals surface area contributed by atoms with E-state index < -0.39 is 0 Å². The zero-order valence-electron chi connectivity index (χ0n) is 34.2. The maximum atomic E-state index is 5.39. The van der Waals surface area contributed by atoms with Gasteiger partial charge in [-0.15, -0.1) is 0 Å². The van der Waals surface area contributed by atoms with Gasteiger partial charge in [0.1, 0.15) is 0 Å². The average molecular weight is 749 g/mol. The molecule has 2 heteroatoms. The Balaban J connectivity index is -0.000000125. The molecule has 0 N–H and O–H groups in total. The van der Waals surface area contributed by atoms with Crippen molar-refractivity contribution in [2.75, 3.05) is 13.2 Å². The van der Waals surface area contributed by atoms with Crippen LogP contribution in [0.4, 0.5) is 0 Å². The maximum absolute atomic E-state index is 5.39. The first-order chi connectivity index (χ1) is 22.7. The second kappa shape index (κ2) is 36.3. The first kappa shape index (κ1) is 60.9. The van der Waals surface area contributed by atoms with Crippen LogP contribution in [0.25, 0.3) is 0 Å². The number of benzene rings is 1. The van der Waals surface area contributed by atoms with Crippen LogP contribution in [0.2, 0.25) is 0 Å². The van der Waals surface area contributed by atoms with Crippen molar-refractivity contribution in [1.29, 1.82) is 0 Å². The normalized spacial score (nSPS) is 28.4. The molecule has 1 aromatic carbocycles. The molecule has 5 aliphatic rings. The van der Waals surface area contributed by atoms with Gasteiger partial charge in [-0.25, -0.2) is 0 Å². The summed E-state index contributed by atoms with van der Waals surface area (Å²) >= 11 is 0. The summed E-state index contributed by atoms with van der Waals surface area (Å²) in [5, 5.41) is 0. The highest BCUT2D eigenvalue weighted by molar-refractivity contribution is 5.19. The average Bonchev–Trinajstić information content (AvgIpc) is 3.07. The number of ether oxygens (including phenoxy) is 2. The van der Waals surface area contributed by atoms with Crippen LogP contribution >= 0.6 is 0 Å². The number of rotatable bonds is 0. The van der Waals surface area contributed by atoms with E-state index in [-0.39, 0.29) is 38.6 Å². The molecule has 0 amide bonds. The lowest BCUT2D eigenvalue weighted by Gasteiger charge is -2.23. The van der Waals surface area contributed by atoms with E-state index in [1.807, 2.05) is 0 Å². The molecular weight excluding hydrogens is 645 g/mol. The van der Waals surface area contributed by atoms with Crippen molar-refractivity contribution in [3.8, 4) is 0 Å². The molecule has 0 bridgehead atoms. The molecule has 1 saturated carbocycles. The zero-order chi connectivity index (χ0) is 35.9. The topological polar surface area (TPSA) is 18.5 Å². The Kier molecular flexibility index (Phi) is 41.6. The molecule has 0 aromatic heterocycles. The van der Waals surface area contributed by atoms with Crippen LogP contribution < -0.4 is 0 Å². The van der Waals surface area contributed by atoms with Crippen LogP contribution in [0.15, 0.2) is 47.6 Å². The fourth-order valence-electron chi connectivity index (χ4n) is 6.29. The van der Waals surface area contributed by atoms with E-state index in [9.17, 15) is 0 Å². The van der Waals surface area contributed by atoms with Crippen molar-refractivity contribution in [2.24, 2.45) is 35.5 Å². The Hall–Kier alpha value is -1.38. The van der Waals surface area contributed by atoms with E-state index in [0.29, 0.717) is 12.2 Å². The summed E-state index contributed by atoms with van der Waals surface area (Å²) in [5.41, 5.74) is 5.83. The third-order valence-corrected chi connectivity index (χ3v) is 10.8. The smallest absolute Gasteiger partial charge is 0.0547 e. The van der Waals surface area contributed by atoms with Crippen LogP contribution in [0, 0.1) is 49.4 Å². The molecule has 2 aliphatic heterocycles. The van der Waals surface area contributed by atoms with Gasteiger partial charge in [-0.1, -0.05) is 163 Å². The van der Waals surface area contributed by atoms with Crippen LogP contribution in [-0.4, -0.2) is 25.4 Å². The summed E-state index contributed by atoms with van der Waals surface area (Å²) < 4.78 is 10.8. The molecule has 6 unspecified atom stereocenters. The molecule has 2 nitrogen and oxygen atoms in total. The molecule has 1 aromatic rings. The summed E-state index contributed by atoms with van der Waals surface area (Å²) in [6.07, 6.45) is 25.0. The van der Waals surface area contributed by atoms with Gasteiger partial charge in [0.2, 0.25) is 0 Å². The molecule has 2 heterocycles. The summed E-state index contributed by atoms with van der Waals surface area (Å²) in [6.45, 7) is 28.7. The Labute approximate surface area is 339 Å². The van der Waals surface area contributed by atoms with Gasteiger partial charge in [-0.2, -0.15) is 0 Å². The largest absolute Gasteiger partial charge is 0.378 e. The molecule has 3 aliphatic carbocycles. The predicted molar refractivity (Wildman–Crippen MR) is 250 cm³/mol. The lowest BCUT2D eigenvalue weighted by Crippen LogP contribution is -2.21. The number of allylic oxidation sites excluding steroid dienone is 4.